The van der Waals surface area contributed by atoms with E-state index in [1.165, 1.54) is 36.4 Å². The van der Waals surface area contributed by atoms with Crippen LogP contribution in [0.1, 0.15) is 68.4 Å². The van der Waals surface area contributed by atoms with E-state index in [1.807, 2.05) is 48.5 Å². The van der Waals surface area contributed by atoms with E-state index in [1.54, 1.807) is 33.1 Å². The molecule has 0 aliphatic heterocycles. The standard InChI is InChI=1S/C52H74N4O16S/c1-30(21-65-32(3)23-67-34(5)25-69-36(7)27-71-38(9)29-72-37(8)28-70-35(6)26-68-33(4)24-66-31(2)22-64-19-18-63-10)56-51(59)44-46(52(56)60)48(55-39-14-13-15-40(20-39)73(54,61)62)45-43(47(44)53)49(57)41-16-11-12-17-42(41)50(45)58/h11-17,20,30-38,55H,18-19,21-29,53H2,1-10H3,(H2,54,61,62). The number of ether oxygens (including phenoxy) is 10. The van der Waals surface area contributed by atoms with Crippen LogP contribution in [0.5, 0.6) is 0 Å². The molecule has 0 fully saturated rings. The van der Waals surface area contributed by atoms with Gasteiger partial charge in [-0.25, -0.2) is 13.6 Å². The Hall–Kier alpha value is -4.75. The van der Waals surface area contributed by atoms with E-state index in [2.05, 4.69) is 5.32 Å². The normalized spacial score (nSPS) is 16.1. The van der Waals surface area contributed by atoms with Crippen molar-refractivity contribution in [1.82, 2.24) is 4.57 Å². The molecule has 0 saturated carbocycles. The molecule has 21 heteroatoms. The minimum absolute atomic E-state index is 0.0473. The molecule has 9 atom stereocenters. The summed E-state index contributed by atoms with van der Waals surface area (Å²) < 4.78 is 83.5. The molecule has 0 bridgehead atoms. The minimum atomic E-state index is -4.16. The quantitative estimate of drug-likeness (QED) is 0.0222. The van der Waals surface area contributed by atoms with Gasteiger partial charge in [0.05, 0.1) is 165 Å². The van der Waals surface area contributed by atoms with Gasteiger partial charge in [0.2, 0.25) is 10.0 Å². The lowest BCUT2D eigenvalue weighted by Crippen LogP contribution is -2.33. The Bertz CT molecular complexity index is 2910. The van der Waals surface area contributed by atoms with Crippen molar-refractivity contribution in [3.05, 3.63) is 89.7 Å². The van der Waals surface area contributed by atoms with Crippen molar-refractivity contribution < 1.29 is 55.8 Å². The molecule has 0 aliphatic rings. The number of methoxy groups -OCH3 is 1. The second-order valence-electron chi connectivity index (χ2n) is 18.7. The average Bonchev–Trinajstić information content (AvgIpc) is 3.63. The van der Waals surface area contributed by atoms with Gasteiger partial charge >= 0.3 is 0 Å². The first-order chi connectivity index (χ1) is 34.6. The number of sulfonamides is 1. The molecule has 1 aromatic heterocycles. The molecule has 0 spiro atoms. The summed E-state index contributed by atoms with van der Waals surface area (Å²) >= 11 is 0. The monoisotopic (exact) mass is 1040 g/mol. The zero-order chi connectivity index (χ0) is 53.6. The van der Waals surface area contributed by atoms with Crippen LogP contribution in [-0.4, -0.2) is 142 Å². The van der Waals surface area contributed by atoms with E-state index in [9.17, 15) is 27.6 Å². The van der Waals surface area contributed by atoms with Crippen molar-refractivity contribution in [2.75, 3.05) is 90.8 Å². The zero-order valence-corrected chi connectivity index (χ0v) is 44.5. The first kappa shape index (κ1) is 59.1. The van der Waals surface area contributed by atoms with Crippen LogP contribution in [0.4, 0.5) is 17.1 Å². The maximum atomic E-state index is 14.4. The summed E-state index contributed by atoms with van der Waals surface area (Å²) in [4.78, 5) is 56.5. The lowest BCUT2D eigenvalue weighted by molar-refractivity contribution is -0.110. The fourth-order valence-corrected chi connectivity index (χ4v) is 8.38. The highest BCUT2D eigenvalue weighted by atomic mass is 32.2. The van der Waals surface area contributed by atoms with Crippen molar-refractivity contribution in [3.63, 3.8) is 0 Å². The molecule has 5 aromatic rings. The van der Waals surface area contributed by atoms with Crippen LogP contribution in [0.3, 0.4) is 0 Å². The Morgan fingerprint density at radius 3 is 1.37 bits per heavy atom. The van der Waals surface area contributed by atoms with Crippen molar-refractivity contribution in [1.29, 1.82) is 0 Å². The van der Waals surface area contributed by atoms with Gasteiger partial charge in [0.15, 0.2) is 10.9 Å². The molecule has 5 rings (SSSR count). The molecule has 1 heterocycles. The third-order valence-corrected chi connectivity index (χ3v) is 12.8. The van der Waals surface area contributed by atoms with Crippen molar-refractivity contribution >= 4 is 59.4 Å². The highest BCUT2D eigenvalue weighted by molar-refractivity contribution is 7.89. The van der Waals surface area contributed by atoms with Gasteiger partial charge in [0, 0.05) is 23.6 Å². The predicted molar refractivity (Wildman–Crippen MR) is 281 cm³/mol. The Kier molecular flexibility index (Phi) is 22.4. The molecular weight excluding hydrogens is 969 g/mol. The molecule has 5 N–H and O–H groups in total. The fraction of sp³-hybridized carbons (Fsp3) is 0.577. The van der Waals surface area contributed by atoms with Gasteiger partial charge in [-0.1, -0.05) is 30.3 Å². The second-order valence-corrected chi connectivity index (χ2v) is 20.3. The van der Waals surface area contributed by atoms with Crippen molar-refractivity contribution in [3.8, 4) is 0 Å². The number of anilines is 3. The van der Waals surface area contributed by atoms with Crippen LogP contribution in [-0.2, 0) is 57.4 Å². The van der Waals surface area contributed by atoms with Crippen LogP contribution in [0.15, 0.2) is 72.6 Å². The topological polar surface area (TPSA) is 264 Å². The second kappa shape index (κ2) is 27.7. The van der Waals surface area contributed by atoms with Crippen molar-refractivity contribution in [2.45, 2.75) is 122 Å². The summed E-state index contributed by atoms with van der Waals surface area (Å²) in [5.74, 6) is 0. The van der Waals surface area contributed by atoms with Crippen molar-refractivity contribution in [2.24, 2.45) is 5.14 Å². The summed E-state index contributed by atoms with van der Waals surface area (Å²) in [6, 6.07) is 10.7. The summed E-state index contributed by atoms with van der Waals surface area (Å²) in [7, 11) is -2.52. The van der Waals surface area contributed by atoms with E-state index >= 15 is 0 Å². The number of hydrogen-bond donors (Lipinski definition) is 3. The first-order valence-corrected chi connectivity index (χ1v) is 26.1. The smallest absolute Gasteiger partial charge is 0.264 e. The van der Waals surface area contributed by atoms with Crippen LogP contribution in [0.25, 0.3) is 32.3 Å². The Morgan fingerprint density at radius 2 is 0.932 bits per heavy atom. The third-order valence-electron chi connectivity index (χ3n) is 11.9. The van der Waals surface area contributed by atoms with Gasteiger partial charge in [0.1, 0.15) is 0 Å². The largest absolute Gasteiger partial charge is 0.397 e. The summed E-state index contributed by atoms with van der Waals surface area (Å²) in [6.45, 7) is 20.8. The number of hydrogen-bond acceptors (Lipinski definition) is 18. The Balaban J connectivity index is 1.08. The fourth-order valence-electron chi connectivity index (χ4n) is 7.82. The molecule has 0 saturated heterocycles. The summed E-state index contributed by atoms with van der Waals surface area (Å²) in [5, 5.41) is 7.53. The lowest BCUT2D eigenvalue weighted by atomic mass is 9.96. The van der Waals surface area contributed by atoms with E-state index in [0.29, 0.717) is 52.9 Å². The molecule has 0 radical (unpaired) electrons. The van der Waals surface area contributed by atoms with Gasteiger partial charge in [0.25, 0.3) is 11.1 Å². The van der Waals surface area contributed by atoms with Crippen LogP contribution in [0, 0.1) is 0 Å². The molecule has 404 valence electrons. The number of nitrogens with two attached hydrogens (primary N) is 2. The highest BCUT2D eigenvalue weighted by Crippen LogP contribution is 2.36. The number of rotatable bonds is 33. The summed E-state index contributed by atoms with van der Waals surface area (Å²) in [5.41, 5.74) is 3.38. The average molecular weight is 1040 g/mol. The first-order valence-electron chi connectivity index (χ1n) is 24.6. The van der Waals surface area contributed by atoms with E-state index < -0.39 is 44.1 Å². The molecule has 4 aromatic carbocycles. The molecular formula is C52H74N4O16S. The minimum Gasteiger partial charge on any atom is -0.397 e. The van der Waals surface area contributed by atoms with E-state index in [4.69, 9.17) is 58.2 Å². The van der Waals surface area contributed by atoms with Gasteiger partial charge in [-0.2, -0.15) is 0 Å². The molecule has 9 unspecified atom stereocenters. The number of nitrogen functional groups attached to an aromatic ring is 1. The van der Waals surface area contributed by atoms with Gasteiger partial charge in [-0.15, -0.1) is 0 Å². The van der Waals surface area contributed by atoms with Crippen LogP contribution >= 0.6 is 0 Å². The van der Waals surface area contributed by atoms with Gasteiger partial charge in [-0.05, 0) is 80.5 Å². The van der Waals surface area contributed by atoms with E-state index in [-0.39, 0.29) is 117 Å². The van der Waals surface area contributed by atoms with Gasteiger partial charge in [-0.3, -0.25) is 23.7 Å². The van der Waals surface area contributed by atoms with Crippen LogP contribution in [0.2, 0.25) is 0 Å². The van der Waals surface area contributed by atoms with Gasteiger partial charge < -0.3 is 58.4 Å². The number of fused-ring (bicyclic) bond motifs is 3. The summed E-state index contributed by atoms with van der Waals surface area (Å²) in [6.07, 6.45) is -1.63. The molecule has 0 amide bonds. The maximum absolute atomic E-state index is 14.4. The predicted octanol–water partition coefficient (Wildman–Crippen LogP) is 4.70. The Morgan fingerprint density at radius 1 is 0.521 bits per heavy atom. The molecule has 73 heavy (non-hydrogen) atoms. The number of benzene rings is 4. The number of primary sulfonamides is 1. The third kappa shape index (κ3) is 16.4. The number of aromatic nitrogens is 1. The zero-order valence-electron chi connectivity index (χ0n) is 43.6. The van der Waals surface area contributed by atoms with E-state index in [0.717, 1.165) is 4.57 Å². The lowest BCUT2D eigenvalue weighted by Gasteiger charge is -2.23. The molecule has 20 nitrogen and oxygen atoms in total. The van der Waals surface area contributed by atoms with Crippen LogP contribution < -0.4 is 38.2 Å². The SMILES string of the molecule is COCCOCC(C)OCC(C)OCC(C)OCC(C)OCC(C)OCC(C)OCC(C)OCC(C)OCC(C)n1c(=O)c2c(N)c3c(=O)c4ccccc4c(=O)c3c(Nc3cccc(S(N)(=O)=O)c3)c2c1=O. The molecule has 0 aliphatic carbocycles. The Labute approximate surface area is 426 Å². The maximum Gasteiger partial charge on any atom is 0.264 e. The number of nitrogens with zero attached hydrogens (tertiary/aromatic N) is 1. The highest BCUT2D eigenvalue weighted by Gasteiger charge is 2.29. The number of nitrogens with one attached hydrogen (secondary N) is 1.